The molecule has 0 aromatic heterocycles. The molecule has 0 fully saturated rings. The lowest BCUT2D eigenvalue weighted by Crippen LogP contribution is -2.06. The van der Waals surface area contributed by atoms with Crippen molar-refractivity contribution < 1.29 is 0 Å². The van der Waals surface area contributed by atoms with E-state index in [1.165, 1.54) is 17.2 Å². The SMILES string of the molecule is CCSC1=NCC1. The summed E-state index contributed by atoms with van der Waals surface area (Å²) in [5, 5.41) is 1.35. The second kappa shape index (κ2) is 2.36. The lowest BCUT2D eigenvalue weighted by Gasteiger charge is -2.09. The van der Waals surface area contributed by atoms with Gasteiger partial charge < -0.3 is 0 Å². The summed E-state index contributed by atoms with van der Waals surface area (Å²) in [6.07, 6.45) is 1.23. The smallest absolute Gasteiger partial charge is 0.0694 e. The predicted molar refractivity (Wildman–Crippen MR) is 35.1 cm³/mol. The molecular weight excluding hydrogens is 106 g/mol. The average molecular weight is 115 g/mol. The first kappa shape index (κ1) is 5.16. The van der Waals surface area contributed by atoms with Crippen LogP contribution < -0.4 is 0 Å². The number of thioether (sulfide) groups is 1. The summed E-state index contributed by atoms with van der Waals surface area (Å²) in [5.41, 5.74) is 0. The van der Waals surface area contributed by atoms with Crippen LogP contribution in [-0.2, 0) is 0 Å². The van der Waals surface area contributed by atoms with Gasteiger partial charge in [0.15, 0.2) is 0 Å². The molecule has 0 bridgehead atoms. The van der Waals surface area contributed by atoms with Crippen molar-refractivity contribution in [3.05, 3.63) is 0 Å². The molecule has 40 valence electrons. The third-order valence-electron chi connectivity index (χ3n) is 0.925. The van der Waals surface area contributed by atoms with Gasteiger partial charge in [0, 0.05) is 13.0 Å². The Hall–Kier alpha value is 0.0200. The Morgan fingerprint density at radius 2 is 2.57 bits per heavy atom. The molecule has 0 radical (unpaired) electrons. The molecule has 1 nitrogen and oxygen atoms in total. The average Bonchev–Trinajstić information content (AvgIpc) is 1.55. The highest BCUT2D eigenvalue weighted by atomic mass is 32.2. The van der Waals surface area contributed by atoms with Crippen LogP contribution in [0.2, 0.25) is 0 Å². The third kappa shape index (κ3) is 1.20. The molecule has 0 aromatic rings. The fourth-order valence-electron chi connectivity index (χ4n) is 0.488. The maximum Gasteiger partial charge on any atom is 0.0694 e. The molecule has 1 aliphatic rings. The molecule has 0 aliphatic carbocycles. The first-order valence-corrected chi connectivity index (χ1v) is 3.58. The van der Waals surface area contributed by atoms with Crippen LogP contribution >= 0.6 is 11.8 Å². The van der Waals surface area contributed by atoms with Gasteiger partial charge in [-0.2, -0.15) is 0 Å². The fourth-order valence-corrected chi connectivity index (χ4v) is 1.24. The molecule has 0 unspecified atom stereocenters. The van der Waals surface area contributed by atoms with E-state index in [0.717, 1.165) is 6.54 Å². The van der Waals surface area contributed by atoms with Crippen molar-refractivity contribution in [2.75, 3.05) is 12.3 Å². The summed E-state index contributed by atoms with van der Waals surface area (Å²) in [5.74, 6) is 1.18. The van der Waals surface area contributed by atoms with Crippen LogP contribution in [-0.4, -0.2) is 17.3 Å². The number of rotatable bonds is 1. The van der Waals surface area contributed by atoms with E-state index in [1.807, 2.05) is 11.8 Å². The van der Waals surface area contributed by atoms with Crippen molar-refractivity contribution in [3.8, 4) is 0 Å². The quantitative estimate of drug-likeness (QED) is 0.505. The summed E-state index contributed by atoms with van der Waals surface area (Å²) >= 11 is 1.87. The fraction of sp³-hybridized carbons (Fsp3) is 0.800. The molecule has 0 saturated carbocycles. The monoisotopic (exact) mass is 115 g/mol. The van der Waals surface area contributed by atoms with Crippen molar-refractivity contribution >= 4 is 16.8 Å². The minimum absolute atomic E-state index is 1.07. The van der Waals surface area contributed by atoms with Gasteiger partial charge in [0.05, 0.1) is 5.04 Å². The van der Waals surface area contributed by atoms with Crippen LogP contribution in [0.25, 0.3) is 0 Å². The predicted octanol–water partition coefficient (Wildman–Crippen LogP) is 1.54. The van der Waals surface area contributed by atoms with Gasteiger partial charge in [-0.05, 0) is 5.75 Å². The van der Waals surface area contributed by atoms with E-state index in [-0.39, 0.29) is 0 Å². The van der Waals surface area contributed by atoms with Gasteiger partial charge in [-0.15, -0.1) is 11.8 Å². The van der Waals surface area contributed by atoms with Crippen LogP contribution in [0, 0.1) is 0 Å². The summed E-state index contributed by atoms with van der Waals surface area (Å²) in [7, 11) is 0. The molecule has 0 aromatic carbocycles. The summed E-state index contributed by atoms with van der Waals surface area (Å²) < 4.78 is 0. The van der Waals surface area contributed by atoms with Gasteiger partial charge in [0.2, 0.25) is 0 Å². The van der Waals surface area contributed by atoms with Gasteiger partial charge in [-0.1, -0.05) is 6.92 Å². The van der Waals surface area contributed by atoms with E-state index in [0.29, 0.717) is 0 Å². The van der Waals surface area contributed by atoms with Crippen LogP contribution in [0.3, 0.4) is 0 Å². The second-order valence-corrected chi connectivity index (χ2v) is 2.80. The molecule has 0 spiro atoms. The van der Waals surface area contributed by atoms with Crippen molar-refractivity contribution in [2.45, 2.75) is 13.3 Å². The number of aliphatic imine (C=N–C) groups is 1. The van der Waals surface area contributed by atoms with Gasteiger partial charge in [-0.25, -0.2) is 0 Å². The van der Waals surface area contributed by atoms with Crippen LogP contribution in [0.5, 0.6) is 0 Å². The minimum atomic E-state index is 1.07. The van der Waals surface area contributed by atoms with Gasteiger partial charge in [-0.3, -0.25) is 4.99 Å². The van der Waals surface area contributed by atoms with E-state index in [2.05, 4.69) is 11.9 Å². The number of hydrogen-bond donors (Lipinski definition) is 0. The third-order valence-corrected chi connectivity index (χ3v) is 1.88. The zero-order chi connectivity index (χ0) is 5.11. The number of nitrogens with zero attached hydrogens (tertiary/aromatic N) is 1. The molecule has 7 heavy (non-hydrogen) atoms. The zero-order valence-corrected chi connectivity index (χ0v) is 5.29. The first-order valence-electron chi connectivity index (χ1n) is 2.59. The topological polar surface area (TPSA) is 12.4 Å². The largest absolute Gasteiger partial charge is 0.282 e. The normalized spacial score (nSPS) is 18.1. The Morgan fingerprint density at radius 1 is 1.86 bits per heavy atom. The van der Waals surface area contributed by atoms with Crippen molar-refractivity contribution in [1.82, 2.24) is 0 Å². The van der Waals surface area contributed by atoms with E-state index < -0.39 is 0 Å². The molecular formula is C5H9NS. The molecule has 0 saturated heterocycles. The second-order valence-electron chi connectivity index (χ2n) is 1.46. The van der Waals surface area contributed by atoms with Crippen molar-refractivity contribution in [1.29, 1.82) is 0 Å². The van der Waals surface area contributed by atoms with Crippen LogP contribution in [0.4, 0.5) is 0 Å². The Balaban J connectivity index is 2.15. The molecule has 1 rings (SSSR count). The van der Waals surface area contributed by atoms with Crippen LogP contribution in [0.1, 0.15) is 13.3 Å². The van der Waals surface area contributed by atoms with Gasteiger partial charge in [0.25, 0.3) is 0 Å². The first-order chi connectivity index (χ1) is 3.43. The number of hydrogen-bond acceptors (Lipinski definition) is 2. The molecule has 0 atom stereocenters. The standard InChI is InChI=1S/C5H9NS/c1-2-7-5-3-4-6-5/h2-4H2,1H3. The molecule has 1 heterocycles. The zero-order valence-electron chi connectivity index (χ0n) is 4.48. The van der Waals surface area contributed by atoms with E-state index in [9.17, 15) is 0 Å². The molecule has 1 aliphatic heterocycles. The van der Waals surface area contributed by atoms with Crippen molar-refractivity contribution in [3.63, 3.8) is 0 Å². The van der Waals surface area contributed by atoms with Crippen molar-refractivity contribution in [2.24, 2.45) is 4.99 Å². The maximum atomic E-state index is 4.14. The Morgan fingerprint density at radius 3 is 2.71 bits per heavy atom. The maximum absolute atomic E-state index is 4.14. The van der Waals surface area contributed by atoms with Crippen LogP contribution in [0.15, 0.2) is 4.99 Å². The lowest BCUT2D eigenvalue weighted by atomic mass is 10.4. The highest BCUT2D eigenvalue weighted by Gasteiger charge is 2.04. The molecule has 2 heteroatoms. The van der Waals surface area contributed by atoms with E-state index >= 15 is 0 Å². The van der Waals surface area contributed by atoms with E-state index in [4.69, 9.17) is 0 Å². The Bertz CT molecular complexity index is 88.1. The summed E-state index contributed by atoms with van der Waals surface area (Å²) in [6.45, 7) is 3.23. The van der Waals surface area contributed by atoms with Gasteiger partial charge >= 0.3 is 0 Å². The molecule has 0 amide bonds. The lowest BCUT2D eigenvalue weighted by molar-refractivity contribution is 0.969. The minimum Gasteiger partial charge on any atom is -0.282 e. The Labute approximate surface area is 48.2 Å². The van der Waals surface area contributed by atoms with E-state index in [1.54, 1.807) is 0 Å². The summed E-state index contributed by atoms with van der Waals surface area (Å²) in [6, 6.07) is 0. The highest BCUT2D eigenvalue weighted by Crippen LogP contribution is 2.13. The Kier molecular flexibility index (Phi) is 1.74. The summed E-state index contributed by atoms with van der Waals surface area (Å²) in [4.78, 5) is 4.14. The molecule has 0 N–H and O–H groups in total. The van der Waals surface area contributed by atoms with Gasteiger partial charge in [0.1, 0.15) is 0 Å². The highest BCUT2D eigenvalue weighted by molar-refractivity contribution is 8.14.